The van der Waals surface area contributed by atoms with E-state index in [1.165, 1.54) is 11.1 Å². The third-order valence-electron chi connectivity index (χ3n) is 5.21. The molecule has 1 saturated heterocycles. The summed E-state index contributed by atoms with van der Waals surface area (Å²) in [5.74, 6) is 0.853. The number of carbonyl (C=O) groups is 1. The average Bonchev–Trinajstić information content (AvgIpc) is 3.23. The highest BCUT2D eigenvalue weighted by molar-refractivity contribution is 5.94. The van der Waals surface area contributed by atoms with E-state index in [0.717, 1.165) is 38.4 Å². The van der Waals surface area contributed by atoms with Crippen molar-refractivity contribution in [3.05, 3.63) is 71.1 Å². The Bertz CT molecular complexity index is 976. The molecule has 30 heavy (non-hydrogen) atoms. The van der Waals surface area contributed by atoms with E-state index >= 15 is 0 Å². The number of amides is 1. The summed E-state index contributed by atoms with van der Waals surface area (Å²) in [6.07, 6.45) is 0. The fraction of sp³-hybridized carbons (Fsp3) is 0.348. The van der Waals surface area contributed by atoms with E-state index in [1.807, 2.05) is 55.5 Å². The highest BCUT2D eigenvalue weighted by Gasteiger charge is 2.17. The lowest BCUT2D eigenvalue weighted by molar-refractivity contribution is 0.0342. The molecular formula is C23H26N4O3. The van der Waals surface area contributed by atoms with Crippen molar-refractivity contribution in [1.82, 2.24) is 19.9 Å². The minimum absolute atomic E-state index is 0.0805. The van der Waals surface area contributed by atoms with Gasteiger partial charge in [0.1, 0.15) is 0 Å². The topological polar surface area (TPSA) is 71.7 Å². The quantitative estimate of drug-likeness (QED) is 0.626. The van der Waals surface area contributed by atoms with E-state index in [-0.39, 0.29) is 12.5 Å². The Labute approximate surface area is 176 Å². The van der Waals surface area contributed by atoms with Gasteiger partial charge in [-0.1, -0.05) is 47.1 Å². The molecule has 156 valence electrons. The Balaban J connectivity index is 1.36. The third kappa shape index (κ3) is 4.93. The molecule has 1 amide bonds. The van der Waals surface area contributed by atoms with Gasteiger partial charge in [-0.25, -0.2) is 0 Å². The summed E-state index contributed by atoms with van der Waals surface area (Å²) in [5, 5.41) is 4.03. The van der Waals surface area contributed by atoms with Gasteiger partial charge in [0.25, 0.3) is 5.91 Å². The summed E-state index contributed by atoms with van der Waals surface area (Å²) < 4.78 is 10.7. The third-order valence-corrected chi connectivity index (χ3v) is 5.21. The second-order valence-electron chi connectivity index (χ2n) is 7.62. The normalized spacial score (nSPS) is 14.6. The van der Waals surface area contributed by atoms with Gasteiger partial charge in [-0.3, -0.25) is 9.69 Å². The van der Waals surface area contributed by atoms with Crippen molar-refractivity contribution < 1.29 is 14.1 Å². The smallest absolute Gasteiger partial charge is 0.254 e. The summed E-state index contributed by atoms with van der Waals surface area (Å²) in [5.41, 5.74) is 3.89. The molecule has 0 spiro atoms. The van der Waals surface area contributed by atoms with Gasteiger partial charge in [0.15, 0.2) is 0 Å². The Morgan fingerprint density at radius 3 is 2.47 bits per heavy atom. The van der Waals surface area contributed by atoms with Gasteiger partial charge < -0.3 is 14.2 Å². The molecule has 0 unspecified atom stereocenters. The van der Waals surface area contributed by atoms with Gasteiger partial charge in [-0.15, -0.1) is 0 Å². The Hall–Kier alpha value is -3.03. The molecule has 0 atom stereocenters. The Morgan fingerprint density at radius 1 is 1.07 bits per heavy atom. The van der Waals surface area contributed by atoms with E-state index < -0.39 is 0 Å². The predicted molar refractivity (Wildman–Crippen MR) is 113 cm³/mol. The lowest BCUT2D eigenvalue weighted by Gasteiger charge is -2.26. The molecule has 0 aliphatic carbocycles. The predicted octanol–water partition coefficient (Wildman–Crippen LogP) is 3.15. The zero-order valence-electron chi connectivity index (χ0n) is 17.4. The highest BCUT2D eigenvalue weighted by atomic mass is 16.5. The molecule has 4 rings (SSSR count). The van der Waals surface area contributed by atoms with Crippen LogP contribution in [0.15, 0.2) is 53.1 Å². The minimum atomic E-state index is -0.0805. The SMILES string of the molecule is Cc1ccc(-c2noc(CN(C)C(=O)c3ccc(CN4CCOCC4)cc3)n2)cc1. The van der Waals surface area contributed by atoms with Crippen LogP contribution in [0, 0.1) is 6.92 Å². The molecule has 7 nitrogen and oxygen atoms in total. The van der Waals surface area contributed by atoms with Crippen LogP contribution in [-0.4, -0.2) is 59.2 Å². The van der Waals surface area contributed by atoms with E-state index in [1.54, 1.807) is 11.9 Å². The molecule has 0 radical (unpaired) electrons. The van der Waals surface area contributed by atoms with Crippen LogP contribution in [0.5, 0.6) is 0 Å². The Kier molecular flexibility index (Phi) is 6.21. The lowest BCUT2D eigenvalue weighted by atomic mass is 10.1. The summed E-state index contributed by atoms with van der Waals surface area (Å²) >= 11 is 0. The van der Waals surface area contributed by atoms with E-state index in [0.29, 0.717) is 17.3 Å². The number of ether oxygens (including phenoxy) is 1. The molecular weight excluding hydrogens is 380 g/mol. The molecule has 1 fully saturated rings. The van der Waals surface area contributed by atoms with Gasteiger partial charge in [-0.05, 0) is 24.6 Å². The maximum Gasteiger partial charge on any atom is 0.254 e. The van der Waals surface area contributed by atoms with Crippen LogP contribution >= 0.6 is 0 Å². The summed E-state index contributed by atoms with van der Waals surface area (Å²) in [4.78, 5) is 21.1. The van der Waals surface area contributed by atoms with E-state index in [2.05, 4.69) is 15.0 Å². The number of hydrogen-bond acceptors (Lipinski definition) is 6. The fourth-order valence-corrected chi connectivity index (χ4v) is 3.40. The van der Waals surface area contributed by atoms with Crippen LogP contribution in [0.3, 0.4) is 0 Å². The first-order chi connectivity index (χ1) is 14.6. The zero-order valence-corrected chi connectivity index (χ0v) is 17.4. The van der Waals surface area contributed by atoms with Gasteiger partial charge in [-0.2, -0.15) is 4.98 Å². The molecule has 2 heterocycles. The molecule has 1 aromatic heterocycles. The van der Waals surface area contributed by atoms with Crippen molar-refractivity contribution in [3.63, 3.8) is 0 Å². The van der Waals surface area contributed by atoms with Gasteiger partial charge in [0.2, 0.25) is 11.7 Å². The highest BCUT2D eigenvalue weighted by Crippen LogP contribution is 2.17. The molecule has 7 heteroatoms. The molecule has 0 bridgehead atoms. The standard InChI is InChI=1S/C23H26N4O3/c1-17-3-7-19(8-4-17)22-24-21(30-25-22)16-26(2)23(28)20-9-5-18(6-10-20)15-27-11-13-29-14-12-27/h3-10H,11-16H2,1-2H3. The zero-order chi connectivity index (χ0) is 20.9. The van der Waals surface area contributed by atoms with Gasteiger partial charge >= 0.3 is 0 Å². The molecule has 1 aliphatic heterocycles. The number of carbonyl (C=O) groups excluding carboxylic acids is 1. The Morgan fingerprint density at radius 2 is 1.77 bits per heavy atom. The number of aromatic nitrogens is 2. The van der Waals surface area contributed by atoms with Crippen LogP contribution in [0.4, 0.5) is 0 Å². The van der Waals surface area contributed by atoms with Gasteiger partial charge in [0, 0.05) is 37.8 Å². The molecule has 0 saturated carbocycles. The number of nitrogens with zero attached hydrogens (tertiary/aromatic N) is 4. The van der Waals surface area contributed by atoms with E-state index in [9.17, 15) is 4.79 Å². The van der Waals surface area contributed by atoms with Crippen molar-refractivity contribution in [3.8, 4) is 11.4 Å². The number of rotatable bonds is 6. The van der Waals surface area contributed by atoms with Crippen LogP contribution in [0.25, 0.3) is 11.4 Å². The van der Waals surface area contributed by atoms with Crippen molar-refractivity contribution in [2.24, 2.45) is 0 Å². The first-order valence-electron chi connectivity index (χ1n) is 10.1. The first-order valence-corrected chi connectivity index (χ1v) is 10.1. The summed E-state index contributed by atoms with van der Waals surface area (Å²) in [6.45, 7) is 6.60. The second kappa shape index (κ2) is 9.19. The molecule has 2 aromatic carbocycles. The molecule has 1 aliphatic rings. The average molecular weight is 406 g/mol. The summed E-state index contributed by atoms with van der Waals surface area (Å²) in [7, 11) is 1.74. The number of hydrogen-bond donors (Lipinski definition) is 0. The van der Waals surface area contributed by atoms with E-state index in [4.69, 9.17) is 9.26 Å². The van der Waals surface area contributed by atoms with Crippen molar-refractivity contribution in [2.45, 2.75) is 20.0 Å². The second-order valence-corrected chi connectivity index (χ2v) is 7.62. The first kappa shape index (κ1) is 20.3. The number of aryl methyl sites for hydroxylation is 1. The van der Waals surface area contributed by atoms with Crippen LogP contribution < -0.4 is 0 Å². The van der Waals surface area contributed by atoms with Crippen molar-refractivity contribution in [2.75, 3.05) is 33.4 Å². The monoisotopic (exact) mass is 406 g/mol. The molecule has 3 aromatic rings. The number of morpholine rings is 1. The largest absolute Gasteiger partial charge is 0.379 e. The minimum Gasteiger partial charge on any atom is -0.379 e. The maximum atomic E-state index is 12.8. The van der Waals surface area contributed by atoms with Crippen LogP contribution in [0.2, 0.25) is 0 Å². The fourth-order valence-electron chi connectivity index (χ4n) is 3.40. The van der Waals surface area contributed by atoms with Crippen molar-refractivity contribution >= 4 is 5.91 Å². The molecule has 0 N–H and O–H groups in total. The van der Waals surface area contributed by atoms with Crippen LogP contribution in [0.1, 0.15) is 27.4 Å². The van der Waals surface area contributed by atoms with Crippen LogP contribution in [-0.2, 0) is 17.8 Å². The van der Waals surface area contributed by atoms with Gasteiger partial charge in [0.05, 0.1) is 19.8 Å². The van der Waals surface area contributed by atoms with Crippen molar-refractivity contribution in [1.29, 1.82) is 0 Å². The summed E-state index contributed by atoms with van der Waals surface area (Å²) in [6, 6.07) is 15.7. The lowest BCUT2D eigenvalue weighted by Crippen LogP contribution is -2.35. The maximum absolute atomic E-state index is 12.8. The number of benzene rings is 2.